The topological polar surface area (TPSA) is 61.6 Å². The fraction of sp³-hybridized carbons (Fsp3) is 0.333. The van der Waals surface area contributed by atoms with Crippen molar-refractivity contribution in [1.82, 2.24) is 0 Å². The fourth-order valence-electron chi connectivity index (χ4n) is 1.54. The maximum absolute atomic E-state index is 10.5. The molecule has 1 aromatic carbocycles. The normalized spacial score (nSPS) is 24.3. The molecule has 2 unspecified atom stereocenters. The molecule has 0 N–H and O–H groups in total. The molecular formula is C12H13NO4. The van der Waals surface area contributed by atoms with Crippen LogP contribution < -0.4 is 0 Å². The van der Waals surface area contributed by atoms with Gasteiger partial charge >= 0.3 is 0 Å². The van der Waals surface area contributed by atoms with E-state index in [4.69, 9.17) is 9.47 Å². The van der Waals surface area contributed by atoms with Crippen molar-refractivity contribution in [2.24, 2.45) is 0 Å². The van der Waals surface area contributed by atoms with Crippen LogP contribution in [-0.2, 0) is 9.47 Å². The van der Waals surface area contributed by atoms with Gasteiger partial charge in [0, 0.05) is 12.1 Å². The van der Waals surface area contributed by atoms with Crippen molar-refractivity contribution in [3.63, 3.8) is 0 Å². The molecule has 0 aliphatic carbocycles. The second-order valence-corrected chi connectivity index (χ2v) is 3.86. The minimum atomic E-state index is -0.418. The summed E-state index contributed by atoms with van der Waals surface area (Å²) in [6.07, 6.45) is 3.42. The van der Waals surface area contributed by atoms with Gasteiger partial charge in [-0.05, 0) is 30.7 Å². The summed E-state index contributed by atoms with van der Waals surface area (Å²) in [4.78, 5) is 10.0. The molecule has 2 rings (SSSR count). The van der Waals surface area contributed by atoms with Crippen LogP contribution >= 0.6 is 0 Å². The highest BCUT2D eigenvalue weighted by atomic mass is 16.7. The molecule has 90 valence electrons. The first-order chi connectivity index (χ1) is 8.15. The molecule has 1 heterocycles. The van der Waals surface area contributed by atoms with E-state index >= 15 is 0 Å². The van der Waals surface area contributed by atoms with E-state index in [1.54, 1.807) is 18.2 Å². The van der Waals surface area contributed by atoms with Crippen LogP contribution in [0.25, 0.3) is 6.08 Å². The zero-order valence-corrected chi connectivity index (χ0v) is 9.41. The second kappa shape index (κ2) is 5.07. The quantitative estimate of drug-likeness (QED) is 0.596. The summed E-state index contributed by atoms with van der Waals surface area (Å²) in [6, 6.07) is 6.32. The summed E-state index contributed by atoms with van der Waals surface area (Å²) in [7, 11) is 0. The lowest BCUT2D eigenvalue weighted by Crippen LogP contribution is -2.05. The molecule has 0 saturated carbocycles. The van der Waals surface area contributed by atoms with Crippen LogP contribution in [0.15, 0.2) is 30.3 Å². The van der Waals surface area contributed by atoms with Gasteiger partial charge in [0.2, 0.25) is 0 Å². The minimum absolute atomic E-state index is 0.0872. The molecule has 0 radical (unpaired) electrons. The number of hydrogen-bond acceptors (Lipinski definition) is 4. The first-order valence-electron chi connectivity index (χ1n) is 5.35. The zero-order valence-electron chi connectivity index (χ0n) is 9.41. The van der Waals surface area contributed by atoms with E-state index in [1.165, 1.54) is 12.1 Å². The molecule has 5 nitrogen and oxygen atoms in total. The molecule has 1 aromatic rings. The smallest absolute Gasteiger partial charge is 0.269 e. The first-order valence-corrected chi connectivity index (χ1v) is 5.35. The number of nitrogens with zero attached hydrogens (tertiary/aromatic N) is 1. The summed E-state index contributed by atoms with van der Waals surface area (Å²) in [5.41, 5.74) is 0.964. The Balaban J connectivity index is 1.99. The van der Waals surface area contributed by atoms with E-state index in [2.05, 4.69) is 0 Å². The van der Waals surface area contributed by atoms with Crippen LogP contribution in [0.1, 0.15) is 12.5 Å². The zero-order chi connectivity index (χ0) is 12.3. The Morgan fingerprint density at radius 1 is 1.41 bits per heavy atom. The summed E-state index contributed by atoms with van der Waals surface area (Å²) >= 11 is 0. The lowest BCUT2D eigenvalue weighted by atomic mass is 10.2. The summed E-state index contributed by atoms with van der Waals surface area (Å²) in [6.45, 7) is 2.54. The molecule has 1 saturated heterocycles. The van der Waals surface area contributed by atoms with Crippen molar-refractivity contribution in [3.8, 4) is 0 Å². The van der Waals surface area contributed by atoms with Gasteiger partial charge in [-0.2, -0.15) is 0 Å². The monoisotopic (exact) mass is 235 g/mol. The van der Waals surface area contributed by atoms with Crippen molar-refractivity contribution < 1.29 is 14.4 Å². The van der Waals surface area contributed by atoms with Gasteiger partial charge in [-0.15, -0.1) is 0 Å². The van der Waals surface area contributed by atoms with Gasteiger partial charge in [0.1, 0.15) is 0 Å². The average Bonchev–Trinajstić information content (AvgIpc) is 2.73. The Labute approximate surface area is 98.8 Å². The van der Waals surface area contributed by atoms with Crippen molar-refractivity contribution in [2.75, 3.05) is 6.61 Å². The maximum atomic E-state index is 10.5. The van der Waals surface area contributed by atoms with E-state index in [1.807, 2.05) is 13.0 Å². The molecular weight excluding hydrogens is 222 g/mol. The van der Waals surface area contributed by atoms with Crippen LogP contribution in [0.5, 0.6) is 0 Å². The lowest BCUT2D eigenvalue weighted by molar-refractivity contribution is -0.384. The minimum Gasteiger partial charge on any atom is -0.346 e. The van der Waals surface area contributed by atoms with E-state index in [0.29, 0.717) is 6.61 Å². The van der Waals surface area contributed by atoms with Gasteiger partial charge in [0.05, 0.1) is 17.6 Å². The van der Waals surface area contributed by atoms with Crippen LogP contribution in [0.2, 0.25) is 0 Å². The van der Waals surface area contributed by atoms with Crippen molar-refractivity contribution in [1.29, 1.82) is 0 Å². The maximum Gasteiger partial charge on any atom is 0.269 e. The first kappa shape index (κ1) is 11.8. The third-order valence-corrected chi connectivity index (χ3v) is 2.41. The highest BCUT2D eigenvalue weighted by Gasteiger charge is 2.19. The van der Waals surface area contributed by atoms with Crippen LogP contribution in [0.3, 0.4) is 0 Å². The predicted molar refractivity (Wildman–Crippen MR) is 62.4 cm³/mol. The Morgan fingerprint density at radius 2 is 2.12 bits per heavy atom. The van der Waals surface area contributed by atoms with E-state index < -0.39 is 4.92 Å². The van der Waals surface area contributed by atoms with Gasteiger partial charge in [-0.3, -0.25) is 10.1 Å². The Morgan fingerprint density at radius 3 is 2.65 bits per heavy atom. The number of nitro groups is 1. The standard InChI is InChI=1S/C12H13NO4/c1-9-8-16-12(17-9)7-4-10-2-5-11(6-3-10)13(14)15/h2-7,9,12H,8H2,1H3. The molecule has 1 aliphatic heterocycles. The van der Waals surface area contributed by atoms with Crippen LogP contribution in [-0.4, -0.2) is 23.9 Å². The summed E-state index contributed by atoms with van der Waals surface area (Å²) in [5.74, 6) is 0. The van der Waals surface area contributed by atoms with E-state index in [0.717, 1.165) is 5.56 Å². The molecule has 17 heavy (non-hydrogen) atoms. The Hall–Kier alpha value is -1.72. The Bertz CT molecular complexity index is 427. The number of rotatable bonds is 3. The Kier molecular flexibility index (Phi) is 3.51. The van der Waals surface area contributed by atoms with Gasteiger partial charge in [-0.1, -0.05) is 6.08 Å². The number of ether oxygens (including phenoxy) is 2. The van der Waals surface area contributed by atoms with Crippen molar-refractivity contribution >= 4 is 11.8 Å². The van der Waals surface area contributed by atoms with Crippen molar-refractivity contribution in [2.45, 2.75) is 19.3 Å². The largest absolute Gasteiger partial charge is 0.346 e. The predicted octanol–water partition coefficient (Wildman–Crippen LogP) is 2.37. The van der Waals surface area contributed by atoms with Gasteiger partial charge < -0.3 is 9.47 Å². The SMILES string of the molecule is CC1COC(C=Cc2ccc([N+](=O)[O-])cc2)O1. The molecule has 0 spiro atoms. The number of non-ortho nitro benzene ring substituents is 1. The molecule has 0 aromatic heterocycles. The van der Waals surface area contributed by atoms with Gasteiger partial charge in [0.25, 0.3) is 5.69 Å². The number of benzene rings is 1. The van der Waals surface area contributed by atoms with Crippen LogP contribution in [0.4, 0.5) is 5.69 Å². The highest BCUT2D eigenvalue weighted by Crippen LogP contribution is 2.16. The van der Waals surface area contributed by atoms with Gasteiger partial charge in [0.15, 0.2) is 6.29 Å². The molecule has 2 atom stereocenters. The van der Waals surface area contributed by atoms with E-state index in [-0.39, 0.29) is 18.1 Å². The lowest BCUT2D eigenvalue weighted by Gasteiger charge is -2.02. The molecule has 1 fully saturated rings. The highest BCUT2D eigenvalue weighted by molar-refractivity contribution is 5.52. The summed E-state index contributed by atoms with van der Waals surface area (Å²) < 4.78 is 10.8. The fourth-order valence-corrected chi connectivity index (χ4v) is 1.54. The number of hydrogen-bond donors (Lipinski definition) is 0. The van der Waals surface area contributed by atoms with Crippen LogP contribution in [0, 0.1) is 10.1 Å². The van der Waals surface area contributed by atoms with Gasteiger partial charge in [-0.25, -0.2) is 0 Å². The molecule has 0 bridgehead atoms. The average molecular weight is 235 g/mol. The molecule has 1 aliphatic rings. The second-order valence-electron chi connectivity index (χ2n) is 3.86. The third kappa shape index (κ3) is 3.12. The third-order valence-electron chi connectivity index (χ3n) is 2.41. The molecule has 0 amide bonds. The van der Waals surface area contributed by atoms with E-state index in [9.17, 15) is 10.1 Å². The summed E-state index contributed by atoms with van der Waals surface area (Å²) in [5, 5.41) is 10.5. The molecule has 5 heteroatoms. The van der Waals surface area contributed by atoms with Crippen molar-refractivity contribution in [3.05, 3.63) is 46.0 Å². The number of nitro benzene ring substituents is 1.